The van der Waals surface area contributed by atoms with Crippen LogP contribution in [0.4, 0.5) is 5.69 Å². The van der Waals surface area contributed by atoms with Gasteiger partial charge in [0.2, 0.25) is 0 Å². The van der Waals surface area contributed by atoms with Gasteiger partial charge in [-0.05, 0) is 50.6 Å². The molecule has 2 rings (SSSR count). The standard InChI is InChI=1S/C17H17Cl2NO2/c1-10-4-5-16(11(2)6-10)22-12(3)17(21)20-15-8-13(18)7-14(19)9-15/h4-9,12H,1-3H3,(H,20,21). The summed E-state index contributed by atoms with van der Waals surface area (Å²) in [5, 5.41) is 3.67. The number of benzene rings is 2. The summed E-state index contributed by atoms with van der Waals surface area (Å²) in [5.41, 5.74) is 2.68. The van der Waals surface area contributed by atoms with Gasteiger partial charge in [0.1, 0.15) is 5.75 Å². The minimum absolute atomic E-state index is 0.265. The molecule has 2 aromatic rings. The van der Waals surface area contributed by atoms with E-state index in [0.717, 1.165) is 11.1 Å². The van der Waals surface area contributed by atoms with Gasteiger partial charge >= 0.3 is 0 Å². The number of hydrogen-bond acceptors (Lipinski definition) is 2. The third kappa shape index (κ3) is 4.39. The van der Waals surface area contributed by atoms with Crippen LogP contribution in [0, 0.1) is 13.8 Å². The summed E-state index contributed by atoms with van der Waals surface area (Å²) in [6.45, 7) is 5.65. The lowest BCUT2D eigenvalue weighted by atomic mass is 10.1. The summed E-state index contributed by atoms with van der Waals surface area (Å²) in [5.74, 6) is 0.427. The lowest BCUT2D eigenvalue weighted by Gasteiger charge is -2.16. The van der Waals surface area contributed by atoms with E-state index < -0.39 is 6.10 Å². The third-order valence-electron chi connectivity index (χ3n) is 3.13. The molecule has 0 heterocycles. The SMILES string of the molecule is Cc1ccc(OC(C)C(=O)Nc2cc(Cl)cc(Cl)c2)c(C)c1. The molecule has 0 saturated carbocycles. The first-order valence-electron chi connectivity index (χ1n) is 6.86. The Bertz CT molecular complexity index is 681. The molecule has 0 aliphatic heterocycles. The Hall–Kier alpha value is -1.71. The fourth-order valence-electron chi connectivity index (χ4n) is 2.05. The maximum absolute atomic E-state index is 12.2. The first kappa shape index (κ1) is 16.7. The fraction of sp³-hybridized carbons (Fsp3) is 0.235. The second-order valence-electron chi connectivity index (χ2n) is 5.18. The fourth-order valence-corrected chi connectivity index (χ4v) is 2.57. The maximum Gasteiger partial charge on any atom is 0.265 e. The zero-order chi connectivity index (χ0) is 16.3. The molecule has 5 heteroatoms. The number of rotatable bonds is 4. The molecular weight excluding hydrogens is 321 g/mol. The van der Waals surface area contributed by atoms with Crippen molar-refractivity contribution in [3.05, 3.63) is 57.6 Å². The van der Waals surface area contributed by atoms with Crippen LogP contribution in [0.15, 0.2) is 36.4 Å². The summed E-state index contributed by atoms with van der Waals surface area (Å²) in [4.78, 5) is 12.2. The first-order valence-corrected chi connectivity index (χ1v) is 7.61. The van der Waals surface area contributed by atoms with Gasteiger partial charge in [-0.15, -0.1) is 0 Å². The normalized spacial score (nSPS) is 11.9. The molecular formula is C17H17Cl2NO2. The molecule has 0 radical (unpaired) electrons. The second-order valence-corrected chi connectivity index (χ2v) is 6.05. The second kappa shape index (κ2) is 7.03. The molecule has 0 saturated heterocycles. The number of carbonyl (C=O) groups excluding carboxylic acids is 1. The Balaban J connectivity index is 2.05. The van der Waals surface area contributed by atoms with Crippen LogP contribution in [0.5, 0.6) is 5.75 Å². The van der Waals surface area contributed by atoms with Crippen LogP contribution in [-0.2, 0) is 4.79 Å². The first-order chi connectivity index (χ1) is 10.3. The van der Waals surface area contributed by atoms with Gasteiger partial charge in [-0.2, -0.15) is 0 Å². The van der Waals surface area contributed by atoms with Gasteiger partial charge in [-0.1, -0.05) is 40.9 Å². The van der Waals surface area contributed by atoms with E-state index in [1.807, 2.05) is 32.0 Å². The number of anilines is 1. The van der Waals surface area contributed by atoms with Gasteiger partial charge in [0.25, 0.3) is 5.91 Å². The van der Waals surface area contributed by atoms with Crippen molar-refractivity contribution in [2.75, 3.05) is 5.32 Å². The molecule has 2 aromatic carbocycles. The predicted molar refractivity (Wildman–Crippen MR) is 91.1 cm³/mol. The maximum atomic E-state index is 12.2. The Morgan fingerprint density at radius 2 is 1.73 bits per heavy atom. The monoisotopic (exact) mass is 337 g/mol. The molecule has 0 fully saturated rings. The van der Waals surface area contributed by atoms with Crippen molar-refractivity contribution < 1.29 is 9.53 Å². The van der Waals surface area contributed by atoms with Gasteiger partial charge in [0, 0.05) is 15.7 Å². The molecule has 1 atom stereocenters. The number of aryl methyl sites for hydroxylation is 2. The smallest absolute Gasteiger partial charge is 0.265 e. The van der Waals surface area contributed by atoms with Crippen molar-refractivity contribution in [3.8, 4) is 5.75 Å². The molecule has 116 valence electrons. The van der Waals surface area contributed by atoms with E-state index in [1.54, 1.807) is 25.1 Å². The lowest BCUT2D eigenvalue weighted by Crippen LogP contribution is -2.30. The summed E-state index contributed by atoms with van der Waals surface area (Å²) < 4.78 is 5.72. The Labute approximate surface area is 140 Å². The molecule has 0 bridgehead atoms. The van der Waals surface area contributed by atoms with Crippen molar-refractivity contribution in [1.82, 2.24) is 0 Å². The Morgan fingerprint density at radius 3 is 2.32 bits per heavy atom. The van der Waals surface area contributed by atoms with E-state index in [9.17, 15) is 4.79 Å². The summed E-state index contributed by atoms with van der Waals surface area (Å²) in [7, 11) is 0. The molecule has 22 heavy (non-hydrogen) atoms. The topological polar surface area (TPSA) is 38.3 Å². The highest BCUT2D eigenvalue weighted by Crippen LogP contribution is 2.23. The Kier molecular flexibility index (Phi) is 5.33. The number of nitrogens with one attached hydrogen (secondary N) is 1. The number of halogens is 2. The molecule has 0 spiro atoms. The van der Waals surface area contributed by atoms with Crippen molar-refractivity contribution in [2.45, 2.75) is 26.9 Å². The molecule has 1 N–H and O–H groups in total. The van der Waals surface area contributed by atoms with Crippen molar-refractivity contribution >= 4 is 34.8 Å². The van der Waals surface area contributed by atoms with Gasteiger partial charge in [0.15, 0.2) is 6.10 Å². The molecule has 3 nitrogen and oxygen atoms in total. The number of ether oxygens (including phenoxy) is 1. The third-order valence-corrected chi connectivity index (χ3v) is 3.57. The quantitative estimate of drug-likeness (QED) is 0.850. The molecule has 0 aliphatic rings. The Morgan fingerprint density at radius 1 is 1.09 bits per heavy atom. The average molecular weight is 338 g/mol. The van der Waals surface area contributed by atoms with E-state index in [0.29, 0.717) is 21.5 Å². The van der Waals surface area contributed by atoms with Crippen molar-refractivity contribution in [3.63, 3.8) is 0 Å². The molecule has 0 aromatic heterocycles. The largest absolute Gasteiger partial charge is 0.481 e. The van der Waals surface area contributed by atoms with Gasteiger partial charge in [0.05, 0.1) is 0 Å². The van der Waals surface area contributed by atoms with Crippen LogP contribution in [-0.4, -0.2) is 12.0 Å². The van der Waals surface area contributed by atoms with E-state index in [4.69, 9.17) is 27.9 Å². The zero-order valence-electron chi connectivity index (χ0n) is 12.6. The van der Waals surface area contributed by atoms with E-state index >= 15 is 0 Å². The highest BCUT2D eigenvalue weighted by atomic mass is 35.5. The van der Waals surface area contributed by atoms with E-state index in [2.05, 4.69) is 5.32 Å². The van der Waals surface area contributed by atoms with Crippen LogP contribution < -0.4 is 10.1 Å². The van der Waals surface area contributed by atoms with Crippen molar-refractivity contribution in [2.24, 2.45) is 0 Å². The van der Waals surface area contributed by atoms with Crippen LogP contribution in [0.2, 0.25) is 10.0 Å². The van der Waals surface area contributed by atoms with Gasteiger partial charge in [-0.3, -0.25) is 4.79 Å². The number of carbonyl (C=O) groups is 1. The highest BCUT2D eigenvalue weighted by molar-refractivity contribution is 6.35. The van der Waals surface area contributed by atoms with Crippen LogP contribution >= 0.6 is 23.2 Å². The minimum atomic E-state index is -0.640. The molecule has 1 unspecified atom stereocenters. The highest BCUT2D eigenvalue weighted by Gasteiger charge is 2.16. The number of amides is 1. The van der Waals surface area contributed by atoms with Gasteiger partial charge < -0.3 is 10.1 Å². The summed E-state index contributed by atoms with van der Waals surface area (Å²) in [6, 6.07) is 10.7. The van der Waals surface area contributed by atoms with Crippen LogP contribution in [0.25, 0.3) is 0 Å². The summed E-state index contributed by atoms with van der Waals surface area (Å²) >= 11 is 11.8. The molecule has 1 amide bonds. The van der Waals surface area contributed by atoms with Crippen LogP contribution in [0.3, 0.4) is 0 Å². The van der Waals surface area contributed by atoms with E-state index in [1.165, 1.54) is 0 Å². The van der Waals surface area contributed by atoms with Crippen molar-refractivity contribution in [1.29, 1.82) is 0 Å². The lowest BCUT2D eigenvalue weighted by molar-refractivity contribution is -0.122. The minimum Gasteiger partial charge on any atom is -0.481 e. The van der Waals surface area contributed by atoms with Crippen LogP contribution in [0.1, 0.15) is 18.1 Å². The summed E-state index contributed by atoms with van der Waals surface area (Å²) in [6.07, 6.45) is -0.640. The zero-order valence-corrected chi connectivity index (χ0v) is 14.1. The average Bonchev–Trinajstić information content (AvgIpc) is 2.40. The predicted octanol–water partition coefficient (Wildman–Crippen LogP) is 5.02. The van der Waals surface area contributed by atoms with E-state index in [-0.39, 0.29) is 5.91 Å². The van der Waals surface area contributed by atoms with Gasteiger partial charge in [-0.25, -0.2) is 0 Å². The number of hydrogen-bond donors (Lipinski definition) is 1. The molecule has 0 aliphatic carbocycles.